The van der Waals surface area contributed by atoms with Crippen molar-refractivity contribution in [1.29, 1.82) is 0 Å². The van der Waals surface area contributed by atoms with E-state index in [0.717, 1.165) is 12.3 Å². The third-order valence-electron chi connectivity index (χ3n) is 2.26. The Morgan fingerprint density at radius 1 is 1.42 bits per heavy atom. The van der Waals surface area contributed by atoms with E-state index < -0.39 is 11.7 Å². The number of ether oxygens (including phenoxy) is 1. The number of hydrogen-bond donors (Lipinski definition) is 1. The van der Waals surface area contributed by atoms with Crippen LogP contribution in [0.15, 0.2) is 18.3 Å². The summed E-state index contributed by atoms with van der Waals surface area (Å²) in [5.41, 5.74) is -0.787. The second-order valence-corrected chi connectivity index (χ2v) is 3.77. The Morgan fingerprint density at radius 3 is 2.68 bits per heavy atom. The van der Waals surface area contributed by atoms with Gasteiger partial charge < -0.3 is 10.1 Å². The van der Waals surface area contributed by atoms with Gasteiger partial charge in [-0.1, -0.05) is 0 Å². The molecule has 106 valence electrons. The number of alkyl halides is 3. The van der Waals surface area contributed by atoms with Gasteiger partial charge in [0.05, 0.1) is 12.2 Å². The molecular formula is C12H15F3N2O2. The average Bonchev–Trinajstić information content (AvgIpc) is 2.34. The first-order chi connectivity index (χ1) is 8.93. The highest BCUT2D eigenvalue weighted by molar-refractivity contribution is 5.69. The van der Waals surface area contributed by atoms with Crippen LogP contribution in [0, 0.1) is 0 Å². The van der Waals surface area contributed by atoms with Crippen LogP contribution < -0.4 is 5.32 Å². The summed E-state index contributed by atoms with van der Waals surface area (Å²) < 4.78 is 41.6. The Hall–Kier alpha value is -1.79. The minimum absolute atomic E-state index is 0.265. The fourth-order valence-electron chi connectivity index (χ4n) is 1.35. The van der Waals surface area contributed by atoms with Gasteiger partial charge in [-0.05, 0) is 25.5 Å². The monoisotopic (exact) mass is 276 g/mol. The van der Waals surface area contributed by atoms with E-state index in [4.69, 9.17) is 4.74 Å². The van der Waals surface area contributed by atoms with E-state index in [9.17, 15) is 18.0 Å². The van der Waals surface area contributed by atoms with Gasteiger partial charge in [0.25, 0.3) is 0 Å². The van der Waals surface area contributed by atoms with E-state index in [1.807, 2.05) is 0 Å². The maximum Gasteiger partial charge on any atom is 0.417 e. The van der Waals surface area contributed by atoms with Gasteiger partial charge in [0.1, 0.15) is 5.82 Å². The summed E-state index contributed by atoms with van der Waals surface area (Å²) in [5.74, 6) is 0.0570. The SMILES string of the molecule is CCOC(=O)CCCNc1ccc(C(F)(F)F)cn1. The molecule has 0 aliphatic heterocycles. The Balaban J connectivity index is 2.33. The lowest BCUT2D eigenvalue weighted by molar-refractivity contribution is -0.143. The predicted octanol–water partition coefficient (Wildman–Crippen LogP) is 2.86. The topological polar surface area (TPSA) is 51.2 Å². The molecule has 1 rings (SSSR count). The van der Waals surface area contributed by atoms with E-state index in [0.29, 0.717) is 25.4 Å². The number of pyridine rings is 1. The second kappa shape index (κ2) is 6.96. The maximum absolute atomic E-state index is 12.3. The molecule has 19 heavy (non-hydrogen) atoms. The van der Waals surface area contributed by atoms with Crippen molar-refractivity contribution in [3.8, 4) is 0 Å². The molecule has 0 unspecified atom stereocenters. The number of carbonyl (C=O) groups excluding carboxylic acids is 1. The largest absolute Gasteiger partial charge is 0.466 e. The van der Waals surface area contributed by atoms with Crippen LogP contribution in [-0.4, -0.2) is 24.1 Å². The summed E-state index contributed by atoms with van der Waals surface area (Å²) in [7, 11) is 0. The fraction of sp³-hybridized carbons (Fsp3) is 0.500. The first-order valence-electron chi connectivity index (χ1n) is 5.86. The van der Waals surface area contributed by atoms with Crippen LogP contribution in [-0.2, 0) is 15.7 Å². The van der Waals surface area contributed by atoms with Crippen molar-refractivity contribution in [1.82, 2.24) is 4.98 Å². The lowest BCUT2D eigenvalue weighted by atomic mass is 10.2. The summed E-state index contributed by atoms with van der Waals surface area (Å²) in [6.45, 7) is 2.51. The van der Waals surface area contributed by atoms with E-state index in [-0.39, 0.29) is 12.4 Å². The molecule has 1 N–H and O–H groups in total. The molecule has 0 fully saturated rings. The number of aromatic nitrogens is 1. The highest BCUT2D eigenvalue weighted by Crippen LogP contribution is 2.28. The zero-order chi connectivity index (χ0) is 14.3. The Kier molecular flexibility index (Phi) is 5.59. The van der Waals surface area contributed by atoms with Gasteiger partial charge in [0.2, 0.25) is 0 Å². The number of rotatable bonds is 6. The third-order valence-corrected chi connectivity index (χ3v) is 2.26. The van der Waals surface area contributed by atoms with Gasteiger partial charge >= 0.3 is 12.1 Å². The second-order valence-electron chi connectivity index (χ2n) is 3.77. The molecule has 0 spiro atoms. The predicted molar refractivity (Wildman–Crippen MR) is 63.6 cm³/mol. The lowest BCUT2D eigenvalue weighted by Gasteiger charge is -2.08. The van der Waals surface area contributed by atoms with Crippen molar-refractivity contribution in [3.63, 3.8) is 0 Å². The van der Waals surface area contributed by atoms with Crippen molar-refractivity contribution < 1.29 is 22.7 Å². The number of nitrogens with zero attached hydrogens (tertiary/aromatic N) is 1. The highest BCUT2D eigenvalue weighted by atomic mass is 19.4. The summed E-state index contributed by atoms with van der Waals surface area (Å²) in [5, 5.41) is 2.83. The molecule has 0 aliphatic carbocycles. The number of halogens is 3. The molecule has 1 heterocycles. The van der Waals surface area contributed by atoms with Crippen LogP contribution in [0.4, 0.5) is 19.0 Å². The Bertz CT molecular complexity index is 404. The van der Waals surface area contributed by atoms with Crippen molar-refractivity contribution in [2.75, 3.05) is 18.5 Å². The van der Waals surface area contributed by atoms with Crippen LogP contribution >= 0.6 is 0 Å². The van der Waals surface area contributed by atoms with Gasteiger partial charge in [-0.15, -0.1) is 0 Å². The van der Waals surface area contributed by atoms with Crippen LogP contribution in [0.25, 0.3) is 0 Å². The number of nitrogens with one attached hydrogen (secondary N) is 1. The van der Waals surface area contributed by atoms with Gasteiger partial charge in [0, 0.05) is 19.2 Å². The molecule has 0 atom stereocenters. The van der Waals surface area contributed by atoms with Gasteiger partial charge in [-0.2, -0.15) is 13.2 Å². The quantitative estimate of drug-likeness (QED) is 0.641. The normalized spacial score (nSPS) is 11.2. The summed E-state index contributed by atoms with van der Waals surface area (Å²) in [6, 6.07) is 2.22. The minimum Gasteiger partial charge on any atom is -0.466 e. The molecule has 0 saturated heterocycles. The molecule has 7 heteroatoms. The van der Waals surface area contributed by atoms with E-state index in [1.54, 1.807) is 6.92 Å². The number of anilines is 1. The molecule has 0 radical (unpaired) electrons. The van der Waals surface area contributed by atoms with E-state index in [2.05, 4.69) is 10.3 Å². The number of hydrogen-bond acceptors (Lipinski definition) is 4. The number of esters is 1. The lowest BCUT2D eigenvalue weighted by Crippen LogP contribution is -2.10. The van der Waals surface area contributed by atoms with Crippen LogP contribution in [0.1, 0.15) is 25.3 Å². The molecule has 0 aliphatic rings. The van der Waals surface area contributed by atoms with E-state index in [1.165, 1.54) is 6.07 Å². The summed E-state index contributed by atoms with van der Waals surface area (Å²) in [6.07, 6.45) is -2.81. The highest BCUT2D eigenvalue weighted by Gasteiger charge is 2.30. The molecule has 0 aromatic carbocycles. The smallest absolute Gasteiger partial charge is 0.417 e. The standard InChI is InChI=1S/C12H15F3N2O2/c1-2-19-11(18)4-3-7-16-10-6-5-9(8-17-10)12(13,14)15/h5-6,8H,2-4,7H2,1H3,(H,16,17). The van der Waals surface area contributed by atoms with Crippen LogP contribution in [0.3, 0.4) is 0 Å². The van der Waals surface area contributed by atoms with Crippen molar-refractivity contribution in [3.05, 3.63) is 23.9 Å². The van der Waals surface area contributed by atoms with Crippen molar-refractivity contribution >= 4 is 11.8 Å². The summed E-state index contributed by atoms with van der Waals surface area (Å²) in [4.78, 5) is 14.7. The van der Waals surface area contributed by atoms with E-state index >= 15 is 0 Å². The maximum atomic E-state index is 12.3. The zero-order valence-electron chi connectivity index (χ0n) is 10.5. The fourth-order valence-corrected chi connectivity index (χ4v) is 1.35. The zero-order valence-corrected chi connectivity index (χ0v) is 10.5. The van der Waals surface area contributed by atoms with Crippen molar-refractivity contribution in [2.24, 2.45) is 0 Å². The third kappa shape index (κ3) is 5.58. The van der Waals surface area contributed by atoms with Crippen LogP contribution in [0.2, 0.25) is 0 Å². The minimum atomic E-state index is -4.38. The molecule has 0 amide bonds. The first-order valence-corrected chi connectivity index (χ1v) is 5.86. The number of carbonyl (C=O) groups is 1. The Labute approximate surface area is 109 Å². The molecule has 1 aromatic heterocycles. The Morgan fingerprint density at radius 2 is 2.16 bits per heavy atom. The average molecular weight is 276 g/mol. The molecule has 0 bridgehead atoms. The first kappa shape index (κ1) is 15.3. The summed E-state index contributed by atoms with van der Waals surface area (Å²) >= 11 is 0. The van der Waals surface area contributed by atoms with Gasteiger partial charge in [-0.3, -0.25) is 4.79 Å². The molecule has 1 aromatic rings. The molecular weight excluding hydrogens is 261 g/mol. The van der Waals surface area contributed by atoms with Crippen molar-refractivity contribution in [2.45, 2.75) is 25.9 Å². The molecule has 0 saturated carbocycles. The molecule has 4 nitrogen and oxygen atoms in total. The van der Waals surface area contributed by atoms with Gasteiger partial charge in [-0.25, -0.2) is 4.98 Å². The van der Waals surface area contributed by atoms with Crippen LogP contribution in [0.5, 0.6) is 0 Å². The van der Waals surface area contributed by atoms with Gasteiger partial charge in [0.15, 0.2) is 0 Å².